The van der Waals surface area contributed by atoms with E-state index in [1.807, 2.05) is 17.3 Å². The van der Waals surface area contributed by atoms with Gasteiger partial charge in [-0.25, -0.2) is 0 Å². The van der Waals surface area contributed by atoms with Crippen LogP contribution in [0.1, 0.15) is 29.7 Å². The molecule has 3 rings (SSSR count). The SMILES string of the molecule is Cc1ccc(-c2ccncc2C2SCC(=O)N2CC(C)C)s1. The van der Waals surface area contributed by atoms with E-state index >= 15 is 0 Å². The van der Waals surface area contributed by atoms with Gasteiger partial charge in [0.05, 0.1) is 5.75 Å². The molecule has 0 N–H and O–H groups in total. The van der Waals surface area contributed by atoms with E-state index in [4.69, 9.17) is 0 Å². The third-order valence-electron chi connectivity index (χ3n) is 3.65. The van der Waals surface area contributed by atoms with Gasteiger partial charge in [0.15, 0.2) is 0 Å². The van der Waals surface area contributed by atoms with E-state index in [0.29, 0.717) is 11.7 Å². The van der Waals surface area contributed by atoms with Crippen LogP contribution in [0.15, 0.2) is 30.6 Å². The van der Waals surface area contributed by atoms with Gasteiger partial charge in [-0.3, -0.25) is 9.78 Å². The van der Waals surface area contributed by atoms with Crippen molar-refractivity contribution in [3.8, 4) is 10.4 Å². The Labute approximate surface area is 139 Å². The highest BCUT2D eigenvalue weighted by Gasteiger charge is 2.34. The van der Waals surface area contributed by atoms with Crippen LogP contribution in [-0.4, -0.2) is 28.1 Å². The summed E-state index contributed by atoms with van der Waals surface area (Å²) in [5.74, 6) is 1.27. The normalized spacial score (nSPS) is 18.5. The number of thioether (sulfide) groups is 1. The van der Waals surface area contributed by atoms with E-state index in [-0.39, 0.29) is 11.3 Å². The average Bonchev–Trinajstić information content (AvgIpc) is 3.06. The van der Waals surface area contributed by atoms with Crippen LogP contribution in [-0.2, 0) is 4.79 Å². The summed E-state index contributed by atoms with van der Waals surface area (Å²) in [7, 11) is 0. The number of carbonyl (C=O) groups excluding carboxylic acids is 1. The number of thiophene rings is 1. The van der Waals surface area contributed by atoms with Gasteiger partial charge in [-0.2, -0.15) is 0 Å². The molecule has 1 aliphatic heterocycles. The zero-order valence-electron chi connectivity index (χ0n) is 13.1. The molecule has 2 aromatic rings. The van der Waals surface area contributed by atoms with Crippen LogP contribution < -0.4 is 0 Å². The fourth-order valence-electron chi connectivity index (χ4n) is 2.71. The summed E-state index contributed by atoms with van der Waals surface area (Å²) < 4.78 is 0. The standard InChI is InChI=1S/C17H20N2OS2/c1-11(2)9-19-16(20)10-21-17(19)14-8-18-7-6-13(14)15-5-4-12(3)22-15/h4-8,11,17H,9-10H2,1-3H3. The number of hydrogen-bond acceptors (Lipinski definition) is 4. The lowest BCUT2D eigenvalue weighted by molar-refractivity contribution is -0.128. The van der Waals surface area contributed by atoms with Crippen LogP contribution in [0.3, 0.4) is 0 Å². The van der Waals surface area contributed by atoms with Crippen LogP contribution in [0.2, 0.25) is 0 Å². The third kappa shape index (κ3) is 3.06. The summed E-state index contributed by atoms with van der Waals surface area (Å²) in [6.07, 6.45) is 3.76. The molecule has 116 valence electrons. The summed E-state index contributed by atoms with van der Waals surface area (Å²) >= 11 is 3.50. The number of aryl methyl sites for hydroxylation is 1. The Hall–Kier alpha value is -1.33. The zero-order chi connectivity index (χ0) is 15.7. The Morgan fingerprint density at radius 2 is 2.18 bits per heavy atom. The molecule has 1 saturated heterocycles. The molecule has 22 heavy (non-hydrogen) atoms. The van der Waals surface area contributed by atoms with E-state index in [0.717, 1.165) is 12.1 Å². The van der Waals surface area contributed by atoms with Gasteiger partial charge in [0.25, 0.3) is 0 Å². The van der Waals surface area contributed by atoms with Gasteiger partial charge < -0.3 is 4.90 Å². The molecule has 3 nitrogen and oxygen atoms in total. The van der Waals surface area contributed by atoms with Crippen molar-refractivity contribution in [1.29, 1.82) is 0 Å². The largest absolute Gasteiger partial charge is 0.325 e. The molecule has 1 amide bonds. The topological polar surface area (TPSA) is 33.2 Å². The van der Waals surface area contributed by atoms with Gasteiger partial charge in [0, 0.05) is 39.8 Å². The molecular formula is C17H20N2OS2. The van der Waals surface area contributed by atoms with Crippen molar-refractivity contribution in [3.63, 3.8) is 0 Å². The maximum absolute atomic E-state index is 12.2. The molecule has 0 spiro atoms. The highest BCUT2D eigenvalue weighted by molar-refractivity contribution is 8.00. The Kier molecular flexibility index (Phi) is 4.54. The Balaban J connectivity index is 1.99. The van der Waals surface area contributed by atoms with Crippen molar-refractivity contribution in [1.82, 2.24) is 9.88 Å². The first-order valence-electron chi connectivity index (χ1n) is 7.48. The van der Waals surface area contributed by atoms with Crippen LogP contribution in [0.25, 0.3) is 10.4 Å². The third-order valence-corrected chi connectivity index (χ3v) is 5.93. The van der Waals surface area contributed by atoms with Crippen LogP contribution in [0.5, 0.6) is 0 Å². The predicted molar refractivity (Wildman–Crippen MR) is 94.0 cm³/mol. The zero-order valence-corrected chi connectivity index (χ0v) is 14.7. The summed E-state index contributed by atoms with van der Waals surface area (Å²) in [6.45, 7) is 7.22. The summed E-state index contributed by atoms with van der Waals surface area (Å²) in [5, 5.41) is 0.0843. The first-order chi connectivity index (χ1) is 10.6. The molecule has 5 heteroatoms. The highest BCUT2D eigenvalue weighted by atomic mass is 32.2. The first-order valence-corrected chi connectivity index (χ1v) is 9.34. The lowest BCUT2D eigenvalue weighted by atomic mass is 10.1. The van der Waals surface area contributed by atoms with Crippen LogP contribution >= 0.6 is 23.1 Å². The number of carbonyl (C=O) groups is 1. The predicted octanol–water partition coefficient (Wildman–Crippen LogP) is 4.35. The van der Waals surface area contributed by atoms with Gasteiger partial charge in [0.1, 0.15) is 5.37 Å². The second-order valence-electron chi connectivity index (χ2n) is 5.98. The lowest BCUT2D eigenvalue weighted by Gasteiger charge is -2.27. The minimum Gasteiger partial charge on any atom is -0.325 e. The minimum atomic E-state index is 0.0843. The summed E-state index contributed by atoms with van der Waals surface area (Å²) in [6, 6.07) is 6.37. The van der Waals surface area contributed by atoms with Crippen LogP contribution in [0.4, 0.5) is 0 Å². The number of hydrogen-bond donors (Lipinski definition) is 0. The minimum absolute atomic E-state index is 0.0843. The monoisotopic (exact) mass is 332 g/mol. The first kappa shape index (κ1) is 15.6. The number of nitrogens with zero attached hydrogens (tertiary/aromatic N) is 2. The molecular weight excluding hydrogens is 312 g/mol. The van der Waals surface area contributed by atoms with Crippen molar-refractivity contribution in [2.45, 2.75) is 26.1 Å². The molecule has 2 aromatic heterocycles. The van der Waals surface area contributed by atoms with Gasteiger partial charge in [0.2, 0.25) is 5.91 Å². The second-order valence-corrected chi connectivity index (χ2v) is 8.33. The molecule has 3 heterocycles. The van der Waals surface area contributed by atoms with E-state index in [9.17, 15) is 4.79 Å². The number of rotatable bonds is 4. The molecule has 0 saturated carbocycles. The van der Waals surface area contributed by atoms with E-state index < -0.39 is 0 Å². The lowest BCUT2D eigenvalue weighted by Crippen LogP contribution is -2.31. The molecule has 1 fully saturated rings. The van der Waals surface area contributed by atoms with Crippen molar-refractivity contribution in [2.75, 3.05) is 12.3 Å². The summed E-state index contributed by atoms with van der Waals surface area (Å²) in [4.78, 5) is 21.1. The number of pyridine rings is 1. The summed E-state index contributed by atoms with van der Waals surface area (Å²) in [5.41, 5.74) is 2.36. The van der Waals surface area contributed by atoms with E-state index in [2.05, 4.69) is 44.0 Å². The number of aromatic nitrogens is 1. The van der Waals surface area contributed by atoms with Gasteiger partial charge in [-0.15, -0.1) is 23.1 Å². The van der Waals surface area contributed by atoms with Crippen LogP contribution in [0, 0.1) is 12.8 Å². The highest BCUT2D eigenvalue weighted by Crippen LogP contribution is 2.43. The Morgan fingerprint density at radius 1 is 1.36 bits per heavy atom. The fourth-order valence-corrected chi connectivity index (χ4v) is 4.84. The van der Waals surface area contributed by atoms with Crippen molar-refractivity contribution in [3.05, 3.63) is 41.0 Å². The molecule has 0 aliphatic carbocycles. The Bertz CT molecular complexity index is 681. The fraction of sp³-hybridized carbons (Fsp3) is 0.412. The quantitative estimate of drug-likeness (QED) is 0.834. The van der Waals surface area contributed by atoms with Gasteiger partial charge in [-0.05, 0) is 31.0 Å². The Morgan fingerprint density at radius 3 is 2.86 bits per heavy atom. The maximum atomic E-state index is 12.2. The van der Waals surface area contributed by atoms with E-state index in [1.165, 1.54) is 15.3 Å². The molecule has 0 radical (unpaired) electrons. The second kappa shape index (κ2) is 6.42. The van der Waals surface area contributed by atoms with E-state index in [1.54, 1.807) is 23.1 Å². The molecule has 0 aromatic carbocycles. The van der Waals surface area contributed by atoms with Crippen molar-refractivity contribution in [2.24, 2.45) is 5.92 Å². The average molecular weight is 332 g/mol. The molecule has 0 bridgehead atoms. The molecule has 1 atom stereocenters. The number of amides is 1. The smallest absolute Gasteiger partial charge is 0.233 e. The van der Waals surface area contributed by atoms with Gasteiger partial charge >= 0.3 is 0 Å². The molecule has 1 unspecified atom stereocenters. The van der Waals surface area contributed by atoms with Gasteiger partial charge in [-0.1, -0.05) is 13.8 Å². The van der Waals surface area contributed by atoms with Crippen molar-refractivity contribution >= 4 is 29.0 Å². The van der Waals surface area contributed by atoms with Crippen molar-refractivity contribution < 1.29 is 4.79 Å². The maximum Gasteiger partial charge on any atom is 0.233 e. The molecule has 1 aliphatic rings.